The average molecular weight is 253 g/mol. The van der Waals surface area contributed by atoms with Gasteiger partial charge in [0, 0.05) is 18.3 Å². The first-order chi connectivity index (χ1) is 8.11. The number of rotatable bonds is 7. The summed E-state index contributed by atoms with van der Waals surface area (Å²) in [6.45, 7) is 8.27. The second-order valence-electron chi connectivity index (χ2n) is 4.49. The molecule has 17 heavy (non-hydrogen) atoms. The molecule has 0 spiro atoms. The molecule has 1 aromatic carbocycles. The molecule has 96 valence electrons. The highest BCUT2D eigenvalue weighted by molar-refractivity contribution is 7.99. The van der Waals surface area contributed by atoms with Gasteiger partial charge in [0.25, 0.3) is 0 Å². The van der Waals surface area contributed by atoms with Crippen molar-refractivity contribution in [3.05, 3.63) is 29.8 Å². The Labute approximate surface area is 109 Å². The van der Waals surface area contributed by atoms with E-state index in [1.165, 1.54) is 5.56 Å². The van der Waals surface area contributed by atoms with Crippen LogP contribution in [0.4, 0.5) is 0 Å². The van der Waals surface area contributed by atoms with Crippen LogP contribution in [0.15, 0.2) is 24.3 Å². The van der Waals surface area contributed by atoms with Crippen LogP contribution < -0.4 is 10.1 Å². The molecule has 1 N–H and O–H groups in total. The lowest BCUT2D eigenvalue weighted by molar-refractivity contribution is 0.242. The van der Waals surface area contributed by atoms with Crippen LogP contribution in [0.5, 0.6) is 5.75 Å². The highest BCUT2D eigenvalue weighted by Gasteiger charge is 2.01. The van der Waals surface area contributed by atoms with Crippen LogP contribution in [0.3, 0.4) is 0 Å². The van der Waals surface area contributed by atoms with E-state index in [2.05, 4.69) is 30.6 Å². The quantitative estimate of drug-likeness (QED) is 0.805. The highest BCUT2D eigenvalue weighted by Crippen LogP contribution is 2.14. The van der Waals surface area contributed by atoms with Gasteiger partial charge in [0.2, 0.25) is 0 Å². The maximum absolute atomic E-state index is 5.67. The summed E-state index contributed by atoms with van der Waals surface area (Å²) in [6, 6.07) is 8.29. The zero-order valence-corrected chi connectivity index (χ0v) is 12.0. The highest BCUT2D eigenvalue weighted by atomic mass is 32.2. The molecule has 0 aliphatic carbocycles. The third-order valence-corrected chi connectivity index (χ3v) is 3.40. The van der Waals surface area contributed by atoms with Crippen LogP contribution in [0.25, 0.3) is 0 Å². The zero-order chi connectivity index (χ0) is 12.7. The van der Waals surface area contributed by atoms with Gasteiger partial charge in [0.15, 0.2) is 0 Å². The summed E-state index contributed by atoms with van der Waals surface area (Å²) < 4.78 is 5.67. The molecule has 0 heterocycles. The second-order valence-corrected chi connectivity index (χ2v) is 5.77. The minimum atomic E-state index is 0.231. The summed E-state index contributed by atoms with van der Waals surface area (Å²) in [7, 11) is 0. The van der Waals surface area contributed by atoms with Crippen molar-refractivity contribution in [1.29, 1.82) is 0 Å². The predicted octanol–water partition coefficient (Wildman–Crippen LogP) is 3.31. The van der Waals surface area contributed by atoms with E-state index in [0.717, 1.165) is 18.8 Å². The van der Waals surface area contributed by atoms with E-state index in [1.807, 2.05) is 37.7 Å². The summed E-state index contributed by atoms with van der Waals surface area (Å²) in [6.07, 6.45) is 2.37. The van der Waals surface area contributed by atoms with Gasteiger partial charge >= 0.3 is 0 Å². The van der Waals surface area contributed by atoms with Crippen LogP contribution >= 0.6 is 11.8 Å². The lowest BCUT2D eigenvalue weighted by Gasteiger charge is -2.12. The van der Waals surface area contributed by atoms with Crippen molar-refractivity contribution in [2.45, 2.75) is 38.7 Å². The Morgan fingerprint density at radius 2 is 2.06 bits per heavy atom. The number of benzene rings is 1. The molecule has 0 amide bonds. The van der Waals surface area contributed by atoms with Crippen LogP contribution in [0, 0.1) is 0 Å². The van der Waals surface area contributed by atoms with Gasteiger partial charge in [0.05, 0.1) is 6.10 Å². The Balaban J connectivity index is 2.43. The first kappa shape index (κ1) is 14.4. The summed E-state index contributed by atoms with van der Waals surface area (Å²) in [5.41, 5.74) is 1.27. The maximum Gasteiger partial charge on any atom is 0.120 e. The van der Waals surface area contributed by atoms with Crippen molar-refractivity contribution < 1.29 is 4.74 Å². The molecule has 0 fully saturated rings. The van der Waals surface area contributed by atoms with Gasteiger partial charge in [-0.05, 0) is 37.8 Å². The molecule has 2 nitrogen and oxygen atoms in total. The smallest absolute Gasteiger partial charge is 0.120 e. The SMILES string of the molecule is CSC(C)CNCc1cccc(OC(C)C)c1. The maximum atomic E-state index is 5.67. The largest absolute Gasteiger partial charge is 0.491 e. The van der Waals surface area contributed by atoms with Crippen LogP contribution in [0.2, 0.25) is 0 Å². The van der Waals surface area contributed by atoms with Crippen LogP contribution in [-0.2, 0) is 6.54 Å². The fourth-order valence-electron chi connectivity index (χ4n) is 1.50. The molecular formula is C14H23NOS. The molecule has 0 radical (unpaired) electrons. The molecule has 1 aromatic rings. The van der Waals surface area contributed by atoms with Crippen molar-refractivity contribution in [3.63, 3.8) is 0 Å². The first-order valence-electron chi connectivity index (χ1n) is 6.11. The van der Waals surface area contributed by atoms with E-state index in [0.29, 0.717) is 5.25 Å². The van der Waals surface area contributed by atoms with E-state index in [1.54, 1.807) is 0 Å². The summed E-state index contributed by atoms with van der Waals surface area (Å²) in [5, 5.41) is 4.11. The van der Waals surface area contributed by atoms with Crippen LogP contribution in [0.1, 0.15) is 26.3 Å². The molecule has 3 heteroatoms. The van der Waals surface area contributed by atoms with E-state index >= 15 is 0 Å². The average Bonchev–Trinajstić information content (AvgIpc) is 2.28. The second kappa shape index (κ2) is 7.62. The molecule has 1 atom stereocenters. The normalized spacial score (nSPS) is 12.8. The predicted molar refractivity (Wildman–Crippen MR) is 76.9 cm³/mol. The first-order valence-corrected chi connectivity index (χ1v) is 7.39. The number of hydrogen-bond acceptors (Lipinski definition) is 3. The van der Waals surface area contributed by atoms with E-state index in [4.69, 9.17) is 4.74 Å². The molecular weight excluding hydrogens is 230 g/mol. The third-order valence-electron chi connectivity index (χ3n) is 2.43. The molecule has 0 aliphatic heterocycles. The standard InChI is InChI=1S/C14H23NOS/c1-11(2)16-14-7-5-6-13(8-14)10-15-9-12(3)17-4/h5-8,11-12,15H,9-10H2,1-4H3. The number of ether oxygens (including phenoxy) is 1. The molecule has 0 aromatic heterocycles. The van der Waals surface area contributed by atoms with Gasteiger partial charge < -0.3 is 10.1 Å². The molecule has 0 saturated heterocycles. The van der Waals surface area contributed by atoms with E-state index in [9.17, 15) is 0 Å². The molecule has 0 bridgehead atoms. The van der Waals surface area contributed by atoms with Crippen molar-refractivity contribution in [2.75, 3.05) is 12.8 Å². The summed E-state index contributed by atoms with van der Waals surface area (Å²) in [4.78, 5) is 0. The lowest BCUT2D eigenvalue weighted by atomic mass is 10.2. The minimum absolute atomic E-state index is 0.231. The lowest BCUT2D eigenvalue weighted by Crippen LogP contribution is -2.22. The molecule has 0 aliphatic rings. The van der Waals surface area contributed by atoms with Gasteiger partial charge in [-0.1, -0.05) is 19.1 Å². The fraction of sp³-hybridized carbons (Fsp3) is 0.571. The number of nitrogens with one attached hydrogen (secondary N) is 1. The van der Waals surface area contributed by atoms with Crippen LogP contribution in [-0.4, -0.2) is 24.2 Å². The zero-order valence-electron chi connectivity index (χ0n) is 11.2. The monoisotopic (exact) mass is 253 g/mol. The minimum Gasteiger partial charge on any atom is -0.491 e. The van der Waals surface area contributed by atoms with Gasteiger partial charge in [0.1, 0.15) is 5.75 Å². The van der Waals surface area contributed by atoms with Crippen molar-refractivity contribution in [1.82, 2.24) is 5.32 Å². The van der Waals surface area contributed by atoms with E-state index in [-0.39, 0.29) is 6.10 Å². The Morgan fingerprint density at radius 3 is 2.71 bits per heavy atom. The Bertz CT molecular complexity index is 328. The molecule has 0 saturated carbocycles. The summed E-state index contributed by atoms with van der Waals surface area (Å²) >= 11 is 1.88. The van der Waals surface area contributed by atoms with Gasteiger partial charge in [-0.15, -0.1) is 0 Å². The Hall–Kier alpha value is -0.670. The number of hydrogen-bond donors (Lipinski definition) is 1. The van der Waals surface area contributed by atoms with Crippen molar-refractivity contribution in [2.24, 2.45) is 0 Å². The van der Waals surface area contributed by atoms with Gasteiger partial charge in [-0.3, -0.25) is 0 Å². The van der Waals surface area contributed by atoms with Crippen molar-refractivity contribution >= 4 is 11.8 Å². The van der Waals surface area contributed by atoms with Crippen molar-refractivity contribution in [3.8, 4) is 5.75 Å². The topological polar surface area (TPSA) is 21.3 Å². The Kier molecular flexibility index (Phi) is 6.45. The molecule has 1 rings (SSSR count). The number of thioether (sulfide) groups is 1. The molecule has 1 unspecified atom stereocenters. The van der Waals surface area contributed by atoms with Gasteiger partial charge in [-0.25, -0.2) is 0 Å². The fourth-order valence-corrected chi connectivity index (χ4v) is 1.79. The Morgan fingerprint density at radius 1 is 1.29 bits per heavy atom. The van der Waals surface area contributed by atoms with Gasteiger partial charge in [-0.2, -0.15) is 11.8 Å². The third kappa shape index (κ3) is 5.99. The van der Waals surface area contributed by atoms with E-state index < -0.39 is 0 Å². The summed E-state index contributed by atoms with van der Waals surface area (Å²) in [5.74, 6) is 0.956.